The fourth-order valence-electron chi connectivity index (χ4n) is 3.67. The first-order valence-electron chi connectivity index (χ1n) is 4.97. The molecule has 0 aromatic heterocycles. The number of rotatable bonds is 0. The van der Waals surface area contributed by atoms with Crippen molar-refractivity contribution in [3.8, 4) is 0 Å². The summed E-state index contributed by atoms with van der Waals surface area (Å²) in [5.41, 5.74) is -0.0402. The maximum absolute atomic E-state index is 11.4. The summed E-state index contributed by atoms with van der Waals surface area (Å²) in [4.78, 5) is 11.4. The van der Waals surface area contributed by atoms with Crippen molar-refractivity contribution in [1.29, 1.82) is 0 Å². The zero-order valence-electron chi connectivity index (χ0n) is 7.69. The van der Waals surface area contributed by atoms with Crippen LogP contribution in [0.5, 0.6) is 0 Å². The molecule has 1 N–H and O–H groups in total. The van der Waals surface area contributed by atoms with Gasteiger partial charge in [-0.05, 0) is 18.8 Å². The lowest BCUT2D eigenvalue weighted by atomic mass is 9.71. The van der Waals surface area contributed by atoms with Crippen LogP contribution in [0.1, 0.15) is 19.8 Å². The van der Waals surface area contributed by atoms with Crippen molar-refractivity contribution in [2.45, 2.75) is 25.9 Å². The van der Waals surface area contributed by atoms with Gasteiger partial charge in [-0.3, -0.25) is 4.79 Å². The zero-order valence-corrected chi connectivity index (χ0v) is 7.69. The molecule has 3 rings (SSSR count). The number of esters is 1. The number of hydrogen-bond donors (Lipinski definition) is 1. The van der Waals surface area contributed by atoms with E-state index in [1.54, 1.807) is 0 Å². The van der Waals surface area contributed by atoms with Crippen LogP contribution in [0.25, 0.3) is 0 Å². The summed E-state index contributed by atoms with van der Waals surface area (Å²) < 4.78 is 5.06. The third kappa shape index (κ3) is 0.725. The van der Waals surface area contributed by atoms with Crippen LogP contribution >= 0.6 is 0 Å². The topological polar surface area (TPSA) is 46.5 Å². The van der Waals surface area contributed by atoms with Crippen molar-refractivity contribution < 1.29 is 14.6 Å². The molecule has 3 heteroatoms. The Morgan fingerprint density at radius 1 is 1.62 bits per heavy atom. The van der Waals surface area contributed by atoms with E-state index < -0.39 is 0 Å². The van der Waals surface area contributed by atoms with E-state index in [2.05, 4.69) is 6.92 Å². The number of fused-ring (bicyclic) bond motifs is 5. The van der Waals surface area contributed by atoms with E-state index in [0.717, 1.165) is 12.8 Å². The summed E-state index contributed by atoms with van der Waals surface area (Å²) in [6, 6.07) is 0. The van der Waals surface area contributed by atoms with Gasteiger partial charge >= 0.3 is 5.97 Å². The fourth-order valence-corrected chi connectivity index (χ4v) is 3.67. The summed E-state index contributed by atoms with van der Waals surface area (Å²) in [6.45, 7) is 2.64. The Balaban J connectivity index is 2.01. The number of hydrogen-bond acceptors (Lipinski definition) is 3. The molecule has 2 aliphatic carbocycles. The van der Waals surface area contributed by atoms with Crippen LogP contribution in [-0.4, -0.2) is 23.8 Å². The second kappa shape index (κ2) is 2.08. The Kier molecular flexibility index (Phi) is 1.25. The van der Waals surface area contributed by atoms with Gasteiger partial charge in [0.2, 0.25) is 0 Å². The Labute approximate surface area is 77.1 Å². The molecule has 3 aliphatic rings. The van der Waals surface area contributed by atoms with Gasteiger partial charge < -0.3 is 9.84 Å². The van der Waals surface area contributed by atoms with Crippen LogP contribution in [0.3, 0.4) is 0 Å². The first-order valence-corrected chi connectivity index (χ1v) is 4.97. The minimum atomic E-state index is -0.215. The molecule has 1 saturated heterocycles. The van der Waals surface area contributed by atoms with Crippen LogP contribution in [0, 0.1) is 23.2 Å². The van der Waals surface area contributed by atoms with Crippen molar-refractivity contribution >= 4 is 5.97 Å². The molecular formula is C10H14O3. The quantitative estimate of drug-likeness (QED) is 0.557. The lowest BCUT2D eigenvalue weighted by Crippen LogP contribution is -2.39. The molecule has 2 saturated carbocycles. The minimum Gasteiger partial charge on any atom is -0.465 e. The molecule has 3 nitrogen and oxygen atoms in total. The van der Waals surface area contributed by atoms with Crippen LogP contribution in [0.15, 0.2) is 0 Å². The Morgan fingerprint density at radius 2 is 2.38 bits per heavy atom. The van der Waals surface area contributed by atoms with Gasteiger partial charge in [0, 0.05) is 11.3 Å². The molecule has 0 radical (unpaired) electrons. The highest BCUT2D eigenvalue weighted by Gasteiger charge is 2.64. The number of carbonyl (C=O) groups excluding carboxylic acids is 1. The number of carbonyl (C=O) groups is 1. The summed E-state index contributed by atoms with van der Waals surface area (Å²) in [7, 11) is 0. The van der Waals surface area contributed by atoms with E-state index in [-0.39, 0.29) is 29.3 Å². The van der Waals surface area contributed by atoms with Gasteiger partial charge in [0.15, 0.2) is 0 Å². The number of aliphatic hydroxyl groups is 1. The molecule has 0 spiro atoms. The molecule has 0 aromatic rings. The first kappa shape index (κ1) is 7.80. The standard InChI is InChI=1S/C10H14O3/c1-10-3-5(2-7(10)11)8-6(10)4-13-9(8)12/h5-8,11H,2-4H2,1H3. The van der Waals surface area contributed by atoms with Crippen molar-refractivity contribution in [2.75, 3.05) is 6.61 Å². The third-order valence-electron chi connectivity index (χ3n) is 4.45. The molecule has 1 heterocycles. The SMILES string of the molecule is CC12CC(CC1O)C1C(=O)OCC12. The molecule has 1 aliphatic heterocycles. The molecular weight excluding hydrogens is 168 g/mol. The van der Waals surface area contributed by atoms with Gasteiger partial charge in [-0.15, -0.1) is 0 Å². The summed E-state index contributed by atoms with van der Waals surface area (Å²) in [5.74, 6) is 0.757. The van der Waals surface area contributed by atoms with E-state index >= 15 is 0 Å². The Bertz CT molecular complexity index is 275. The Morgan fingerprint density at radius 3 is 3.15 bits per heavy atom. The zero-order chi connectivity index (χ0) is 9.22. The third-order valence-corrected chi connectivity index (χ3v) is 4.45. The molecule has 13 heavy (non-hydrogen) atoms. The predicted octanol–water partition coefficient (Wildman–Crippen LogP) is 0.566. The van der Waals surface area contributed by atoms with E-state index in [4.69, 9.17) is 4.74 Å². The largest absolute Gasteiger partial charge is 0.465 e. The van der Waals surface area contributed by atoms with Gasteiger partial charge in [0.1, 0.15) is 0 Å². The molecule has 5 atom stereocenters. The molecule has 0 aromatic carbocycles. The summed E-state index contributed by atoms with van der Waals surface area (Å²) in [6.07, 6.45) is 1.60. The van der Waals surface area contributed by atoms with Gasteiger partial charge in [0.25, 0.3) is 0 Å². The highest BCUT2D eigenvalue weighted by atomic mass is 16.5. The van der Waals surface area contributed by atoms with Gasteiger partial charge in [0.05, 0.1) is 18.6 Å². The summed E-state index contributed by atoms with van der Waals surface area (Å²) >= 11 is 0. The van der Waals surface area contributed by atoms with Crippen molar-refractivity contribution in [3.63, 3.8) is 0 Å². The normalized spacial score (nSPS) is 58.2. The summed E-state index contributed by atoms with van der Waals surface area (Å²) in [5, 5.41) is 9.85. The molecule has 5 unspecified atom stereocenters. The monoisotopic (exact) mass is 182 g/mol. The van der Waals surface area contributed by atoms with E-state index in [1.165, 1.54) is 0 Å². The predicted molar refractivity (Wildman–Crippen MR) is 44.8 cm³/mol. The van der Waals surface area contributed by atoms with Crippen molar-refractivity contribution in [2.24, 2.45) is 23.2 Å². The highest BCUT2D eigenvalue weighted by Crippen LogP contribution is 2.62. The van der Waals surface area contributed by atoms with Crippen molar-refractivity contribution in [3.05, 3.63) is 0 Å². The molecule has 0 amide bonds. The lowest BCUT2D eigenvalue weighted by Gasteiger charge is -2.34. The minimum absolute atomic E-state index is 0.0226. The van der Waals surface area contributed by atoms with E-state index in [0.29, 0.717) is 12.5 Å². The van der Waals surface area contributed by atoms with Gasteiger partial charge in [-0.1, -0.05) is 6.92 Å². The lowest BCUT2D eigenvalue weighted by molar-refractivity contribution is -0.142. The second-order valence-corrected chi connectivity index (χ2v) is 4.98. The number of ether oxygens (including phenoxy) is 1. The van der Waals surface area contributed by atoms with E-state index in [1.807, 2.05) is 0 Å². The maximum atomic E-state index is 11.4. The molecule has 2 bridgehead atoms. The van der Waals surface area contributed by atoms with Crippen LogP contribution in [-0.2, 0) is 9.53 Å². The first-order chi connectivity index (χ1) is 6.13. The van der Waals surface area contributed by atoms with Gasteiger partial charge in [-0.2, -0.15) is 0 Å². The molecule has 72 valence electrons. The van der Waals surface area contributed by atoms with Gasteiger partial charge in [-0.25, -0.2) is 0 Å². The Hall–Kier alpha value is -0.570. The van der Waals surface area contributed by atoms with Crippen LogP contribution in [0.4, 0.5) is 0 Å². The maximum Gasteiger partial charge on any atom is 0.309 e. The second-order valence-electron chi connectivity index (χ2n) is 4.98. The number of aliphatic hydroxyl groups excluding tert-OH is 1. The van der Waals surface area contributed by atoms with E-state index in [9.17, 15) is 9.90 Å². The number of cyclic esters (lactones) is 1. The van der Waals surface area contributed by atoms with Crippen LogP contribution in [0.2, 0.25) is 0 Å². The smallest absolute Gasteiger partial charge is 0.309 e. The fraction of sp³-hybridized carbons (Fsp3) is 0.900. The molecule has 3 fully saturated rings. The van der Waals surface area contributed by atoms with Crippen LogP contribution < -0.4 is 0 Å². The average molecular weight is 182 g/mol. The average Bonchev–Trinajstić information content (AvgIpc) is 2.63. The highest BCUT2D eigenvalue weighted by molar-refractivity contribution is 5.76. The van der Waals surface area contributed by atoms with Crippen molar-refractivity contribution in [1.82, 2.24) is 0 Å².